The van der Waals surface area contributed by atoms with E-state index in [1.165, 1.54) is 11.1 Å². The van der Waals surface area contributed by atoms with Crippen molar-refractivity contribution in [1.29, 1.82) is 0 Å². The van der Waals surface area contributed by atoms with Crippen LogP contribution in [0.1, 0.15) is 17.5 Å². The highest BCUT2D eigenvalue weighted by Gasteiger charge is 1.94. The lowest BCUT2D eigenvalue weighted by molar-refractivity contribution is 0.0928. The van der Waals surface area contributed by atoms with Crippen molar-refractivity contribution >= 4 is 0 Å². The van der Waals surface area contributed by atoms with Crippen molar-refractivity contribution in [3.63, 3.8) is 0 Å². The number of benzene rings is 1. The van der Waals surface area contributed by atoms with Gasteiger partial charge in [0.1, 0.15) is 0 Å². The van der Waals surface area contributed by atoms with Gasteiger partial charge in [-0.1, -0.05) is 24.3 Å². The van der Waals surface area contributed by atoms with Gasteiger partial charge in [0.2, 0.25) is 0 Å². The smallest absolute Gasteiger partial charge is 0.0716 e. The summed E-state index contributed by atoms with van der Waals surface area (Å²) < 4.78 is 10.5. The third kappa shape index (κ3) is 5.26. The molecule has 0 aliphatic heterocycles. The van der Waals surface area contributed by atoms with Crippen LogP contribution in [0.5, 0.6) is 0 Å². The normalized spacial score (nSPS) is 10.6. The first-order chi connectivity index (χ1) is 7.86. The molecule has 1 aromatic carbocycles. The van der Waals surface area contributed by atoms with Gasteiger partial charge in [-0.3, -0.25) is 0 Å². The summed E-state index contributed by atoms with van der Waals surface area (Å²) in [6.45, 7) is 3.12. The van der Waals surface area contributed by atoms with Crippen molar-refractivity contribution in [2.45, 2.75) is 19.6 Å². The second-order valence-electron chi connectivity index (χ2n) is 3.75. The summed E-state index contributed by atoms with van der Waals surface area (Å²) in [4.78, 5) is 0. The first kappa shape index (κ1) is 13.2. The Bertz CT molecular complexity index is 272. The van der Waals surface area contributed by atoms with Crippen LogP contribution in [-0.4, -0.2) is 27.4 Å². The molecule has 3 nitrogen and oxygen atoms in total. The SMILES string of the molecule is CNCc1ccc(COCCCOC)cc1. The minimum atomic E-state index is 0.684. The molecule has 1 rings (SSSR count). The number of methoxy groups -OCH3 is 1. The van der Waals surface area contributed by atoms with Gasteiger partial charge in [-0.05, 0) is 24.6 Å². The number of ether oxygens (including phenoxy) is 2. The fourth-order valence-corrected chi connectivity index (χ4v) is 1.45. The van der Waals surface area contributed by atoms with Gasteiger partial charge in [-0.15, -0.1) is 0 Å². The molecule has 0 aliphatic rings. The zero-order valence-corrected chi connectivity index (χ0v) is 10.2. The summed E-state index contributed by atoms with van der Waals surface area (Å²) in [5.74, 6) is 0. The number of rotatable bonds is 8. The van der Waals surface area contributed by atoms with Crippen LogP contribution in [0.2, 0.25) is 0 Å². The molecule has 0 aromatic heterocycles. The Balaban J connectivity index is 2.21. The lowest BCUT2D eigenvalue weighted by Crippen LogP contribution is -2.05. The van der Waals surface area contributed by atoms with E-state index in [4.69, 9.17) is 9.47 Å². The molecule has 1 N–H and O–H groups in total. The molecule has 0 amide bonds. The van der Waals surface area contributed by atoms with E-state index in [0.717, 1.165) is 26.2 Å². The lowest BCUT2D eigenvalue weighted by Gasteiger charge is -2.05. The van der Waals surface area contributed by atoms with Crippen LogP contribution in [-0.2, 0) is 22.6 Å². The molecule has 0 unspecified atom stereocenters. The van der Waals surface area contributed by atoms with Crippen LogP contribution in [0.3, 0.4) is 0 Å². The average Bonchev–Trinajstić information content (AvgIpc) is 2.31. The van der Waals surface area contributed by atoms with Crippen LogP contribution in [0.15, 0.2) is 24.3 Å². The van der Waals surface area contributed by atoms with Gasteiger partial charge >= 0.3 is 0 Å². The third-order valence-corrected chi connectivity index (χ3v) is 2.31. The van der Waals surface area contributed by atoms with Crippen LogP contribution in [0.4, 0.5) is 0 Å². The monoisotopic (exact) mass is 223 g/mol. The fourth-order valence-electron chi connectivity index (χ4n) is 1.45. The molecular formula is C13H21NO2. The highest BCUT2D eigenvalue weighted by molar-refractivity contribution is 5.21. The van der Waals surface area contributed by atoms with Crippen molar-refractivity contribution in [1.82, 2.24) is 5.32 Å². The Hall–Kier alpha value is -0.900. The highest BCUT2D eigenvalue weighted by Crippen LogP contribution is 2.05. The topological polar surface area (TPSA) is 30.5 Å². The Morgan fingerprint density at radius 2 is 1.75 bits per heavy atom. The lowest BCUT2D eigenvalue weighted by atomic mass is 10.1. The van der Waals surface area contributed by atoms with Crippen molar-refractivity contribution in [3.05, 3.63) is 35.4 Å². The second kappa shape index (κ2) is 8.28. The van der Waals surface area contributed by atoms with Crippen molar-refractivity contribution in [3.8, 4) is 0 Å². The average molecular weight is 223 g/mol. The number of hydrogen-bond donors (Lipinski definition) is 1. The molecule has 1 aromatic rings. The molecule has 0 aliphatic carbocycles. The van der Waals surface area contributed by atoms with Crippen molar-refractivity contribution in [2.24, 2.45) is 0 Å². The Morgan fingerprint density at radius 3 is 2.38 bits per heavy atom. The van der Waals surface area contributed by atoms with Gasteiger partial charge in [0, 0.05) is 26.9 Å². The van der Waals surface area contributed by atoms with E-state index in [1.807, 2.05) is 7.05 Å². The van der Waals surface area contributed by atoms with Gasteiger partial charge in [0.25, 0.3) is 0 Å². The molecule has 90 valence electrons. The summed E-state index contributed by atoms with van der Waals surface area (Å²) in [7, 11) is 3.66. The minimum absolute atomic E-state index is 0.684. The first-order valence-corrected chi connectivity index (χ1v) is 5.66. The summed E-state index contributed by atoms with van der Waals surface area (Å²) in [6, 6.07) is 8.49. The predicted molar refractivity (Wildman–Crippen MR) is 65.4 cm³/mol. The maximum Gasteiger partial charge on any atom is 0.0716 e. The zero-order valence-electron chi connectivity index (χ0n) is 10.2. The Kier molecular flexibility index (Phi) is 6.81. The first-order valence-electron chi connectivity index (χ1n) is 5.66. The molecular weight excluding hydrogens is 202 g/mol. The summed E-state index contributed by atoms with van der Waals surface area (Å²) in [5, 5.41) is 3.12. The maximum absolute atomic E-state index is 5.53. The van der Waals surface area contributed by atoms with E-state index in [9.17, 15) is 0 Å². The van der Waals surface area contributed by atoms with E-state index in [2.05, 4.69) is 29.6 Å². The Morgan fingerprint density at radius 1 is 1.06 bits per heavy atom. The fraction of sp³-hybridized carbons (Fsp3) is 0.538. The van der Waals surface area contributed by atoms with E-state index in [-0.39, 0.29) is 0 Å². The molecule has 0 atom stereocenters. The quantitative estimate of drug-likeness (QED) is 0.683. The van der Waals surface area contributed by atoms with E-state index in [0.29, 0.717) is 6.61 Å². The highest BCUT2D eigenvalue weighted by atomic mass is 16.5. The summed E-state index contributed by atoms with van der Waals surface area (Å²) in [5.41, 5.74) is 2.52. The predicted octanol–water partition coefficient (Wildman–Crippen LogP) is 1.96. The number of nitrogens with one attached hydrogen (secondary N) is 1. The molecule has 0 fully saturated rings. The Labute approximate surface area is 97.8 Å². The standard InChI is InChI=1S/C13H21NO2/c1-14-10-12-4-6-13(7-5-12)11-16-9-3-8-15-2/h4-7,14H,3,8-11H2,1-2H3. The molecule has 0 spiro atoms. The molecule has 0 saturated heterocycles. The minimum Gasteiger partial charge on any atom is -0.385 e. The van der Waals surface area contributed by atoms with E-state index < -0.39 is 0 Å². The van der Waals surface area contributed by atoms with Crippen molar-refractivity contribution in [2.75, 3.05) is 27.4 Å². The molecule has 0 heterocycles. The molecule has 0 radical (unpaired) electrons. The van der Waals surface area contributed by atoms with E-state index >= 15 is 0 Å². The van der Waals surface area contributed by atoms with E-state index in [1.54, 1.807) is 7.11 Å². The summed E-state index contributed by atoms with van der Waals surface area (Å²) in [6.07, 6.45) is 0.953. The molecule has 0 saturated carbocycles. The zero-order chi connectivity index (χ0) is 11.6. The second-order valence-corrected chi connectivity index (χ2v) is 3.75. The van der Waals surface area contributed by atoms with Crippen LogP contribution in [0, 0.1) is 0 Å². The van der Waals surface area contributed by atoms with Gasteiger partial charge in [-0.2, -0.15) is 0 Å². The third-order valence-electron chi connectivity index (χ3n) is 2.31. The molecule has 16 heavy (non-hydrogen) atoms. The van der Waals surface area contributed by atoms with Crippen LogP contribution in [0.25, 0.3) is 0 Å². The largest absolute Gasteiger partial charge is 0.385 e. The van der Waals surface area contributed by atoms with Crippen LogP contribution < -0.4 is 5.32 Å². The maximum atomic E-state index is 5.53. The van der Waals surface area contributed by atoms with Gasteiger partial charge in [-0.25, -0.2) is 0 Å². The van der Waals surface area contributed by atoms with Gasteiger partial charge in [0.05, 0.1) is 6.61 Å². The van der Waals surface area contributed by atoms with Gasteiger partial charge < -0.3 is 14.8 Å². The summed E-state index contributed by atoms with van der Waals surface area (Å²) >= 11 is 0. The van der Waals surface area contributed by atoms with Gasteiger partial charge in [0.15, 0.2) is 0 Å². The molecule has 0 bridgehead atoms. The van der Waals surface area contributed by atoms with Crippen molar-refractivity contribution < 1.29 is 9.47 Å². The number of hydrogen-bond acceptors (Lipinski definition) is 3. The molecule has 3 heteroatoms. The van der Waals surface area contributed by atoms with Crippen LogP contribution >= 0.6 is 0 Å².